The summed E-state index contributed by atoms with van der Waals surface area (Å²) in [6.07, 6.45) is 6.81. The summed E-state index contributed by atoms with van der Waals surface area (Å²) < 4.78 is 8.96. The molecule has 0 aliphatic carbocycles. The minimum Gasteiger partial charge on any atom is -0.504 e. The van der Waals surface area contributed by atoms with E-state index < -0.39 is 18.1 Å². The molecule has 0 fully saturated rings. The van der Waals surface area contributed by atoms with Crippen LogP contribution in [0.3, 0.4) is 0 Å². The number of phenols is 1. The first-order valence-corrected chi connectivity index (χ1v) is 13.5. The first kappa shape index (κ1) is 26.2. The van der Waals surface area contributed by atoms with Crippen molar-refractivity contribution < 1.29 is 24.5 Å². The average Bonchev–Trinajstić information content (AvgIpc) is 2.96. The Balaban J connectivity index is 2.22. The molecule has 1 aliphatic heterocycles. The maximum atomic E-state index is 14.3. The van der Waals surface area contributed by atoms with Crippen molar-refractivity contribution in [3.05, 3.63) is 36.4 Å². The van der Waals surface area contributed by atoms with Crippen LogP contribution in [0.15, 0.2) is 46.2 Å². The number of hydrogen-bond acceptors (Lipinski definition) is 7. The van der Waals surface area contributed by atoms with Crippen LogP contribution in [0.1, 0.15) is 52.4 Å². The quantitative estimate of drug-likeness (QED) is 0.254. The number of anilines is 2. The lowest BCUT2D eigenvalue weighted by Crippen LogP contribution is -2.54. The molecular formula is C25H32N2O5S2. The van der Waals surface area contributed by atoms with Gasteiger partial charge in [-0.2, -0.15) is 0 Å². The minimum atomic E-state index is -1.11. The van der Waals surface area contributed by atoms with Crippen LogP contribution < -0.4 is 14.4 Å². The van der Waals surface area contributed by atoms with Gasteiger partial charge in [0, 0.05) is 5.69 Å². The highest BCUT2D eigenvalue weighted by atomic mass is 32.2. The van der Waals surface area contributed by atoms with E-state index in [1.165, 1.54) is 23.7 Å². The van der Waals surface area contributed by atoms with Gasteiger partial charge in [-0.25, -0.2) is 9.52 Å². The molecule has 34 heavy (non-hydrogen) atoms. The van der Waals surface area contributed by atoms with Gasteiger partial charge in [0.05, 0.1) is 9.79 Å². The van der Waals surface area contributed by atoms with Gasteiger partial charge in [-0.15, -0.1) is 11.8 Å². The number of amides is 1. The number of carboxylic acid groups (broad SMARTS) is 1. The van der Waals surface area contributed by atoms with Gasteiger partial charge in [-0.1, -0.05) is 57.7 Å². The molecule has 3 N–H and O–H groups in total. The number of phenolic OH excluding ortho intramolecular Hbond substituents is 1. The van der Waals surface area contributed by atoms with Gasteiger partial charge < -0.3 is 14.9 Å². The molecule has 0 aromatic heterocycles. The molecule has 0 atom stereocenters. The van der Waals surface area contributed by atoms with Crippen molar-refractivity contribution in [3.63, 3.8) is 0 Å². The number of thioether (sulfide) groups is 1. The van der Waals surface area contributed by atoms with Gasteiger partial charge in [-0.3, -0.25) is 9.69 Å². The van der Waals surface area contributed by atoms with E-state index in [0.717, 1.165) is 25.7 Å². The number of para-hydroxylation sites is 1. The van der Waals surface area contributed by atoms with Crippen LogP contribution in [0.25, 0.3) is 0 Å². The number of carboxylic acids is 1. The Morgan fingerprint density at radius 2 is 1.82 bits per heavy atom. The van der Waals surface area contributed by atoms with Crippen LogP contribution in [0, 0.1) is 0 Å². The standard InChI is InChI=1S/C25H32N2O5S2/c1-4-6-13-25(14-7-5-2)24(31)27(17-11-9-8-10-12-17)21-19(34-26-25)15-18(32-16-20(28)29)23(33-3)22(21)30/h8-12,15,26,30H,4-7,13-14,16H2,1-3H3,(H,28,29). The molecule has 2 aromatic carbocycles. The van der Waals surface area contributed by atoms with E-state index in [4.69, 9.17) is 9.84 Å². The fourth-order valence-electron chi connectivity index (χ4n) is 4.07. The van der Waals surface area contributed by atoms with Crippen LogP contribution in [0.2, 0.25) is 0 Å². The molecule has 1 aliphatic rings. The summed E-state index contributed by atoms with van der Waals surface area (Å²) in [7, 11) is 0. The van der Waals surface area contributed by atoms with Crippen LogP contribution in [0.5, 0.6) is 11.5 Å². The maximum Gasteiger partial charge on any atom is 0.341 e. The SMILES string of the molecule is CCCCC1(CCCC)NSc2cc(OCC(=O)O)c(SC)c(O)c2N(c2ccccc2)C1=O. The van der Waals surface area contributed by atoms with Crippen LogP contribution in [0.4, 0.5) is 11.4 Å². The average molecular weight is 505 g/mol. The van der Waals surface area contributed by atoms with Crippen molar-refractivity contribution in [2.24, 2.45) is 0 Å². The number of rotatable bonds is 11. The fraction of sp³-hybridized carbons (Fsp3) is 0.440. The largest absolute Gasteiger partial charge is 0.504 e. The molecule has 3 rings (SSSR count). The zero-order chi connectivity index (χ0) is 24.7. The van der Waals surface area contributed by atoms with E-state index in [1.807, 2.05) is 30.3 Å². The Morgan fingerprint density at radius 1 is 1.18 bits per heavy atom. The summed E-state index contributed by atoms with van der Waals surface area (Å²) in [5.74, 6) is -1.03. The number of carbonyl (C=O) groups is 2. The number of carbonyl (C=O) groups excluding carboxylic acids is 1. The van der Waals surface area contributed by atoms with Crippen molar-refractivity contribution >= 4 is 47.0 Å². The van der Waals surface area contributed by atoms with Crippen LogP contribution >= 0.6 is 23.7 Å². The number of aliphatic carboxylic acids is 1. The minimum absolute atomic E-state index is 0.0984. The number of hydrogen-bond donors (Lipinski definition) is 3. The second-order valence-electron chi connectivity index (χ2n) is 8.26. The molecule has 1 amide bonds. The van der Waals surface area contributed by atoms with Crippen molar-refractivity contribution in [1.29, 1.82) is 0 Å². The van der Waals surface area contributed by atoms with Crippen molar-refractivity contribution in [3.8, 4) is 11.5 Å². The monoisotopic (exact) mass is 504 g/mol. The van der Waals surface area contributed by atoms with E-state index in [-0.39, 0.29) is 17.4 Å². The number of nitrogens with one attached hydrogen (secondary N) is 1. The normalized spacial score (nSPS) is 15.0. The smallest absolute Gasteiger partial charge is 0.341 e. The van der Waals surface area contributed by atoms with Crippen LogP contribution in [-0.2, 0) is 9.59 Å². The van der Waals surface area contributed by atoms with Gasteiger partial charge in [0.15, 0.2) is 12.4 Å². The number of nitrogens with zero attached hydrogens (tertiary/aromatic N) is 1. The Kier molecular flexibility index (Phi) is 9.16. The molecular weight excluding hydrogens is 472 g/mol. The van der Waals surface area contributed by atoms with Crippen molar-refractivity contribution in [2.75, 3.05) is 17.8 Å². The lowest BCUT2D eigenvalue weighted by Gasteiger charge is -2.35. The van der Waals surface area contributed by atoms with Crippen LogP contribution in [-0.4, -0.2) is 40.5 Å². The first-order chi connectivity index (χ1) is 16.4. The topological polar surface area (TPSA) is 99.1 Å². The molecule has 2 aromatic rings. The highest BCUT2D eigenvalue weighted by Gasteiger charge is 2.45. The molecule has 0 radical (unpaired) electrons. The Bertz CT molecular complexity index is 1010. The Hall–Kier alpha value is -2.36. The molecule has 0 saturated carbocycles. The van der Waals surface area contributed by atoms with E-state index >= 15 is 0 Å². The Labute approximate surface area is 209 Å². The molecule has 0 saturated heterocycles. The third-order valence-corrected chi connectivity index (χ3v) is 7.66. The zero-order valence-electron chi connectivity index (χ0n) is 19.8. The van der Waals surface area contributed by atoms with E-state index in [9.17, 15) is 14.7 Å². The highest BCUT2D eigenvalue weighted by molar-refractivity contribution is 7.99. The van der Waals surface area contributed by atoms with Gasteiger partial charge in [0.25, 0.3) is 5.91 Å². The first-order valence-electron chi connectivity index (χ1n) is 11.5. The second-order valence-corrected chi connectivity index (χ2v) is 9.92. The highest BCUT2D eigenvalue weighted by Crippen LogP contribution is 2.52. The van der Waals surface area contributed by atoms with Gasteiger partial charge in [0.2, 0.25) is 0 Å². The predicted octanol–water partition coefficient (Wildman–Crippen LogP) is 5.97. The van der Waals surface area contributed by atoms with Crippen molar-refractivity contribution in [2.45, 2.75) is 67.7 Å². The van der Waals surface area contributed by atoms with E-state index in [2.05, 4.69) is 18.6 Å². The van der Waals surface area contributed by atoms with Crippen molar-refractivity contribution in [1.82, 2.24) is 4.72 Å². The molecule has 0 spiro atoms. The third-order valence-electron chi connectivity index (χ3n) is 5.84. The molecule has 7 nitrogen and oxygen atoms in total. The Morgan fingerprint density at radius 3 is 2.38 bits per heavy atom. The molecule has 9 heteroatoms. The second kappa shape index (κ2) is 11.9. The lowest BCUT2D eigenvalue weighted by atomic mass is 9.86. The summed E-state index contributed by atoms with van der Waals surface area (Å²) in [6.45, 7) is 3.69. The molecule has 1 heterocycles. The zero-order valence-corrected chi connectivity index (χ0v) is 21.4. The molecule has 184 valence electrons. The number of ether oxygens (including phenoxy) is 1. The summed E-state index contributed by atoms with van der Waals surface area (Å²) in [6, 6.07) is 11.0. The predicted molar refractivity (Wildman–Crippen MR) is 137 cm³/mol. The van der Waals surface area contributed by atoms with E-state index in [1.54, 1.807) is 17.2 Å². The molecule has 0 bridgehead atoms. The summed E-state index contributed by atoms with van der Waals surface area (Å²) in [5.41, 5.74) is 0.243. The number of unbranched alkanes of at least 4 members (excludes halogenated alkanes) is 2. The van der Waals surface area contributed by atoms with E-state index in [0.29, 0.717) is 34.0 Å². The van der Waals surface area contributed by atoms with Gasteiger partial charge >= 0.3 is 5.97 Å². The summed E-state index contributed by atoms with van der Waals surface area (Å²) in [5, 5.41) is 20.5. The fourth-order valence-corrected chi connectivity index (χ4v) is 5.72. The molecule has 0 unspecified atom stereocenters. The number of fused-ring (bicyclic) bond motifs is 1. The summed E-state index contributed by atoms with van der Waals surface area (Å²) >= 11 is 2.54. The number of aromatic hydroxyl groups is 1. The lowest BCUT2D eigenvalue weighted by molar-refractivity contribution is -0.139. The summed E-state index contributed by atoms with van der Waals surface area (Å²) in [4.78, 5) is 28.0. The third kappa shape index (κ3) is 5.47. The van der Waals surface area contributed by atoms with Gasteiger partial charge in [0.1, 0.15) is 17.0 Å². The number of benzene rings is 2. The van der Waals surface area contributed by atoms with Gasteiger partial charge in [-0.05, 0) is 49.2 Å². The maximum absolute atomic E-state index is 14.3.